The average molecular weight is 319 g/mol. The van der Waals surface area contributed by atoms with Crippen LogP contribution in [0.25, 0.3) is 0 Å². The quantitative estimate of drug-likeness (QED) is 0.839. The van der Waals surface area contributed by atoms with Gasteiger partial charge in [-0.15, -0.1) is 23.7 Å². The van der Waals surface area contributed by atoms with Crippen molar-refractivity contribution in [2.24, 2.45) is 5.73 Å². The van der Waals surface area contributed by atoms with Gasteiger partial charge < -0.3 is 16.0 Å². The van der Waals surface area contributed by atoms with Crippen LogP contribution < -0.4 is 11.1 Å². The van der Waals surface area contributed by atoms with E-state index in [1.807, 2.05) is 6.92 Å². The zero-order chi connectivity index (χ0) is 13.8. The number of halogens is 1. The molecule has 0 aliphatic carbocycles. The van der Waals surface area contributed by atoms with Crippen molar-refractivity contribution in [2.75, 3.05) is 13.1 Å². The summed E-state index contributed by atoms with van der Waals surface area (Å²) in [5, 5.41) is 5.29. The average Bonchev–Trinajstić information content (AvgIpc) is 2.99. The SMILES string of the molecule is CC(CN1CCCC1=O)NC(=O)c1csc(CN)n1.Cl. The number of hydrogen-bond acceptors (Lipinski definition) is 5. The summed E-state index contributed by atoms with van der Waals surface area (Å²) in [5.74, 6) is -0.0460. The van der Waals surface area contributed by atoms with Crippen LogP contribution in [0.5, 0.6) is 0 Å². The van der Waals surface area contributed by atoms with Crippen molar-refractivity contribution in [3.8, 4) is 0 Å². The van der Waals surface area contributed by atoms with Crippen LogP contribution in [0.4, 0.5) is 0 Å². The number of aromatic nitrogens is 1. The third-order valence-electron chi connectivity index (χ3n) is 3.00. The molecule has 2 amide bonds. The summed E-state index contributed by atoms with van der Waals surface area (Å²) in [6, 6.07) is -0.0856. The number of nitrogens with one attached hydrogen (secondary N) is 1. The van der Waals surface area contributed by atoms with Crippen LogP contribution in [0.2, 0.25) is 0 Å². The fourth-order valence-electron chi connectivity index (χ4n) is 2.08. The van der Waals surface area contributed by atoms with Crippen LogP contribution in [-0.2, 0) is 11.3 Å². The van der Waals surface area contributed by atoms with E-state index in [0.29, 0.717) is 25.2 Å². The molecule has 1 aromatic heterocycles. The van der Waals surface area contributed by atoms with Gasteiger partial charge in [-0.3, -0.25) is 9.59 Å². The minimum atomic E-state index is -0.213. The van der Waals surface area contributed by atoms with E-state index in [2.05, 4.69) is 10.3 Å². The second-order valence-corrected chi connectivity index (χ2v) is 5.59. The van der Waals surface area contributed by atoms with Gasteiger partial charge in [-0.2, -0.15) is 0 Å². The molecule has 0 saturated carbocycles. The molecule has 1 fully saturated rings. The molecule has 1 saturated heterocycles. The molecule has 3 N–H and O–H groups in total. The van der Waals surface area contributed by atoms with Crippen molar-refractivity contribution in [3.05, 3.63) is 16.1 Å². The van der Waals surface area contributed by atoms with Crippen molar-refractivity contribution in [1.29, 1.82) is 0 Å². The Morgan fingerprint density at radius 2 is 2.40 bits per heavy atom. The highest BCUT2D eigenvalue weighted by molar-refractivity contribution is 7.09. The van der Waals surface area contributed by atoms with Crippen LogP contribution in [0.15, 0.2) is 5.38 Å². The van der Waals surface area contributed by atoms with E-state index in [1.54, 1.807) is 10.3 Å². The Morgan fingerprint density at radius 1 is 1.65 bits per heavy atom. The van der Waals surface area contributed by atoms with Gasteiger partial charge in [-0.1, -0.05) is 0 Å². The maximum atomic E-state index is 11.9. The van der Waals surface area contributed by atoms with Crippen LogP contribution in [0, 0.1) is 0 Å². The summed E-state index contributed by atoms with van der Waals surface area (Å²) in [4.78, 5) is 29.3. The van der Waals surface area contributed by atoms with E-state index >= 15 is 0 Å². The first-order valence-electron chi connectivity index (χ1n) is 6.33. The van der Waals surface area contributed by atoms with Gasteiger partial charge in [0, 0.05) is 37.5 Å². The van der Waals surface area contributed by atoms with Crippen molar-refractivity contribution < 1.29 is 9.59 Å². The molecule has 112 valence electrons. The van der Waals surface area contributed by atoms with Gasteiger partial charge in [-0.25, -0.2) is 4.98 Å². The number of hydrogen-bond donors (Lipinski definition) is 2. The number of carbonyl (C=O) groups is 2. The number of rotatable bonds is 5. The van der Waals surface area contributed by atoms with Crippen LogP contribution in [0.3, 0.4) is 0 Å². The van der Waals surface area contributed by atoms with Gasteiger partial charge in [-0.05, 0) is 13.3 Å². The first-order chi connectivity index (χ1) is 9.10. The molecule has 1 aromatic rings. The summed E-state index contributed by atoms with van der Waals surface area (Å²) >= 11 is 1.38. The van der Waals surface area contributed by atoms with Gasteiger partial charge in [0.1, 0.15) is 10.7 Å². The molecule has 0 aromatic carbocycles. The molecule has 0 radical (unpaired) electrons. The molecule has 20 heavy (non-hydrogen) atoms. The standard InChI is InChI=1S/C12H18N4O2S.ClH/c1-8(6-16-4-2-3-11(16)17)14-12(18)9-7-19-10(5-13)15-9;/h7-8H,2-6,13H2,1H3,(H,14,18);1H. The largest absolute Gasteiger partial charge is 0.346 e. The maximum Gasteiger partial charge on any atom is 0.271 e. The first-order valence-corrected chi connectivity index (χ1v) is 7.21. The highest BCUT2D eigenvalue weighted by Gasteiger charge is 2.22. The predicted octanol–water partition coefficient (Wildman–Crippen LogP) is 0.764. The minimum Gasteiger partial charge on any atom is -0.346 e. The van der Waals surface area contributed by atoms with E-state index in [1.165, 1.54) is 11.3 Å². The van der Waals surface area contributed by atoms with Crippen LogP contribution in [0.1, 0.15) is 35.3 Å². The molecular formula is C12H19ClN4O2S. The molecule has 0 bridgehead atoms. The highest BCUT2D eigenvalue weighted by atomic mass is 35.5. The Bertz CT molecular complexity index is 480. The summed E-state index contributed by atoms with van der Waals surface area (Å²) in [7, 11) is 0. The van der Waals surface area contributed by atoms with Gasteiger partial charge in [0.05, 0.1) is 0 Å². The maximum absolute atomic E-state index is 11.9. The van der Waals surface area contributed by atoms with Gasteiger partial charge >= 0.3 is 0 Å². The number of likely N-dealkylation sites (tertiary alicyclic amines) is 1. The lowest BCUT2D eigenvalue weighted by Gasteiger charge is -2.21. The lowest BCUT2D eigenvalue weighted by atomic mass is 10.3. The van der Waals surface area contributed by atoms with Gasteiger partial charge in [0.15, 0.2) is 0 Å². The van der Waals surface area contributed by atoms with Crippen molar-refractivity contribution >= 4 is 35.6 Å². The molecule has 2 heterocycles. The second kappa shape index (κ2) is 7.56. The fourth-order valence-corrected chi connectivity index (χ4v) is 2.73. The predicted molar refractivity (Wildman–Crippen MR) is 80.0 cm³/mol. The first kappa shape index (κ1) is 16.9. The van der Waals surface area contributed by atoms with Crippen molar-refractivity contribution in [1.82, 2.24) is 15.2 Å². The lowest BCUT2D eigenvalue weighted by Crippen LogP contribution is -2.42. The molecule has 1 aliphatic rings. The zero-order valence-electron chi connectivity index (χ0n) is 11.3. The van der Waals surface area contributed by atoms with E-state index in [4.69, 9.17) is 5.73 Å². The zero-order valence-corrected chi connectivity index (χ0v) is 12.9. The molecule has 8 heteroatoms. The van der Waals surface area contributed by atoms with Crippen molar-refractivity contribution in [3.63, 3.8) is 0 Å². The Labute approximate surface area is 128 Å². The normalized spacial score (nSPS) is 15.9. The molecular weight excluding hydrogens is 300 g/mol. The Kier molecular flexibility index (Phi) is 6.38. The monoisotopic (exact) mass is 318 g/mol. The minimum absolute atomic E-state index is 0. The third-order valence-corrected chi connectivity index (χ3v) is 3.87. The summed E-state index contributed by atoms with van der Waals surface area (Å²) in [6.07, 6.45) is 1.53. The summed E-state index contributed by atoms with van der Waals surface area (Å²) < 4.78 is 0. The van der Waals surface area contributed by atoms with E-state index < -0.39 is 0 Å². The Balaban J connectivity index is 0.00000200. The number of thiazole rings is 1. The van der Waals surface area contributed by atoms with E-state index in [9.17, 15) is 9.59 Å². The van der Waals surface area contributed by atoms with Crippen LogP contribution >= 0.6 is 23.7 Å². The summed E-state index contributed by atoms with van der Waals surface area (Å²) in [5.41, 5.74) is 5.85. The molecule has 1 unspecified atom stereocenters. The van der Waals surface area contributed by atoms with Crippen LogP contribution in [-0.4, -0.2) is 40.8 Å². The van der Waals surface area contributed by atoms with Crippen molar-refractivity contribution in [2.45, 2.75) is 32.4 Å². The molecule has 0 spiro atoms. The number of amides is 2. The van der Waals surface area contributed by atoms with E-state index in [-0.39, 0.29) is 30.3 Å². The Hall–Kier alpha value is -1.18. The number of carbonyl (C=O) groups excluding carboxylic acids is 2. The topological polar surface area (TPSA) is 88.3 Å². The molecule has 6 nitrogen and oxygen atoms in total. The molecule has 2 rings (SSSR count). The van der Waals surface area contributed by atoms with Gasteiger partial charge in [0.25, 0.3) is 5.91 Å². The smallest absolute Gasteiger partial charge is 0.271 e. The second-order valence-electron chi connectivity index (χ2n) is 4.65. The van der Waals surface area contributed by atoms with E-state index in [0.717, 1.165) is 18.0 Å². The fraction of sp³-hybridized carbons (Fsp3) is 0.583. The lowest BCUT2D eigenvalue weighted by molar-refractivity contribution is -0.127. The molecule has 1 aliphatic heterocycles. The summed E-state index contributed by atoms with van der Waals surface area (Å²) in [6.45, 7) is 3.57. The third kappa shape index (κ3) is 4.16. The highest BCUT2D eigenvalue weighted by Crippen LogP contribution is 2.11. The molecule has 1 atom stereocenters. The number of nitrogens with two attached hydrogens (primary N) is 1. The Morgan fingerprint density at radius 3 is 2.95 bits per heavy atom. The number of nitrogens with zero attached hydrogens (tertiary/aromatic N) is 2. The van der Waals surface area contributed by atoms with Gasteiger partial charge in [0.2, 0.25) is 5.91 Å².